The highest BCUT2D eigenvalue weighted by molar-refractivity contribution is 5.76. The van der Waals surface area contributed by atoms with Crippen molar-refractivity contribution in [2.24, 2.45) is 0 Å². The Balaban J connectivity index is 3.26. The summed E-state index contributed by atoms with van der Waals surface area (Å²) >= 11 is 0. The zero-order valence-electron chi connectivity index (χ0n) is 19.9. The zero-order chi connectivity index (χ0) is 23.0. The summed E-state index contributed by atoms with van der Waals surface area (Å²) in [6.45, 7) is 2.70. The molecule has 0 aromatic heterocycles. The molecule has 1 amide bonds. The molecule has 0 rings (SSSR count). The Hall–Kier alpha value is -1.59. The Bertz CT molecular complexity index is 453. The first-order valence-electron chi connectivity index (χ1n) is 12.7. The average molecular weight is 442 g/mol. The average Bonchev–Trinajstić information content (AvgIpc) is 2.73. The van der Waals surface area contributed by atoms with E-state index in [0.29, 0.717) is 12.8 Å². The molecular formula is C25H47NO5. The summed E-state index contributed by atoms with van der Waals surface area (Å²) in [6.07, 6.45) is 20.4. The van der Waals surface area contributed by atoms with Gasteiger partial charge in [-0.05, 0) is 12.8 Å². The summed E-state index contributed by atoms with van der Waals surface area (Å²) in [4.78, 5) is 33.5. The molecule has 0 bridgehead atoms. The van der Waals surface area contributed by atoms with Crippen LogP contribution in [0.1, 0.15) is 129 Å². The van der Waals surface area contributed by atoms with Crippen LogP contribution in [0.3, 0.4) is 0 Å². The number of hydrogen-bond donors (Lipinski definition) is 2. The van der Waals surface area contributed by atoms with E-state index >= 15 is 0 Å². The predicted octanol–water partition coefficient (Wildman–Crippen LogP) is 6.16. The van der Waals surface area contributed by atoms with Crippen molar-refractivity contribution in [3.8, 4) is 0 Å². The second-order valence-electron chi connectivity index (χ2n) is 8.52. The molecule has 0 aromatic rings. The SMILES string of the molecule is CCCCCCCCCCCCCCCCCC(=O)OCCNC(=O)CCCC(=O)O. The van der Waals surface area contributed by atoms with Crippen molar-refractivity contribution >= 4 is 17.8 Å². The number of ether oxygens (including phenoxy) is 1. The first kappa shape index (κ1) is 29.4. The van der Waals surface area contributed by atoms with E-state index < -0.39 is 5.97 Å². The van der Waals surface area contributed by atoms with Crippen molar-refractivity contribution in [1.29, 1.82) is 0 Å². The van der Waals surface area contributed by atoms with E-state index in [2.05, 4.69) is 12.2 Å². The van der Waals surface area contributed by atoms with E-state index in [1.54, 1.807) is 0 Å². The molecule has 0 unspecified atom stereocenters. The number of hydrogen-bond acceptors (Lipinski definition) is 4. The van der Waals surface area contributed by atoms with Crippen LogP contribution in [-0.4, -0.2) is 36.1 Å². The number of carbonyl (C=O) groups is 3. The second-order valence-corrected chi connectivity index (χ2v) is 8.52. The van der Waals surface area contributed by atoms with Crippen LogP contribution in [0.4, 0.5) is 0 Å². The van der Waals surface area contributed by atoms with Gasteiger partial charge in [0.2, 0.25) is 5.91 Å². The molecule has 6 nitrogen and oxygen atoms in total. The highest BCUT2D eigenvalue weighted by atomic mass is 16.5. The molecule has 0 aliphatic carbocycles. The molecule has 0 saturated heterocycles. The van der Waals surface area contributed by atoms with Crippen molar-refractivity contribution in [3.63, 3.8) is 0 Å². The summed E-state index contributed by atoms with van der Waals surface area (Å²) in [5.74, 6) is -1.32. The van der Waals surface area contributed by atoms with Gasteiger partial charge in [0.1, 0.15) is 6.61 Å². The Morgan fingerprint density at radius 3 is 1.61 bits per heavy atom. The number of rotatable bonds is 23. The van der Waals surface area contributed by atoms with Crippen LogP contribution < -0.4 is 5.32 Å². The fraction of sp³-hybridized carbons (Fsp3) is 0.880. The van der Waals surface area contributed by atoms with E-state index in [1.165, 1.54) is 83.5 Å². The zero-order valence-corrected chi connectivity index (χ0v) is 19.9. The Labute approximate surface area is 189 Å². The van der Waals surface area contributed by atoms with E-state index in [-0.39, 0.29) is 37.9 Å². The monoisotopic (exact) mass is 441 g/mol. The van der Waals surface area contributed by atoms with Gasteiger partial charge in [0.25, 0.3) is 0 Å². The maximum Gasteiger partial charge on any atom is 0.305 e. The minimum Gasteiger partial charge on any atom is -0.481 e. The van der Waals surface area contributed by atoms with Crippen molar-refractivity contribution in [2.45, 2.75) is 129 Å². The van der Waals surface area contributed by atoms with Crippen molar-refractivity contribution in [1.82, 2.24) is 5.32 Å². The predicted molar refractivity (Wildman–Crippen MR) is 125 cm³/mol. The largest absolute Gasteiger partial charge is 0.481 e. The topological polar surface area (TPSA) is 92.7 Å². The molecule has 31 heavy (non-hydrogen) atoms. The molecule has 0 heterocycles. The molecule has 0 aliphatic rings. The third-order valence-electron chi connectivity index (χ3n) is 5.47. The molecule has 0 fully saturated rings. The van der Waals surface area contributed by atoms with Gasteiger partial charge in [0, 0.05) is 19.3 Å². The first-order chi connectivity index (χ1) is 15.1. The van der Waals surface area contributed by atoms with Crippen molar-refractivity contribution in [3.05, 3.63) is 0 Å². The Morgan fingerprint density at radius 2 is 1.13 bits per heavy atom. The lowest BCUT2D eigenvalue weighted by molar-refractivity contribution is -0.144. The number of amides is 1. The number of unbranched alkanes of at least 4 members (excludes halogenated alkanes) is 14. The lowest BCUT2D eigenvalue weighted by Gasteiger charge is -2.07. The van der Waals surface area contributed by atoms with Gasteiger partial charge in [-0.2, -0.15) is 0 Å². The van der Waals surface area contributed by atoms with E-state index in [1.807, 2.05) is 0 Å². The lowest BCUT2D eigenvalue weighted by atomic mass is 10.0. The number of esters is 1. The van der Waals surface area contributed by atoms with Crippen molar-refractivity contribution < 1.29 is 24.2 Å². The number of aliphatic carboxylic acids is 1. The van der Waals surface area contributed by atoms with Gasteiger partial charge in [-0.3, -0.25) is 14.4 Å². The van der Waals surface area contributed by atoms with Gasteiger partial charge >= 0.3 is 11.9 Å². The molecular weight excluding hydrogens is 394 g/mol. The van der Waals surface area contributed by atoms with Crippen LogP contribution in [0.15, 0.2) is 0 Å². The van der Waals surface area contributed by atoms with Gasteiger partial charge in [-0.1, -0.05) is 96.8 Å². The number of carboxylic acids is 1. The highest BCUT2D eigenvalue weighted by Crippen LogP contribution is 2.13. The van der Waals surface area contributed by atoms with E-state index in [0.717, 1.165) is 12.8 Å². The molecule has 0 radical (unpaired) electrons. The van der Waals surface area contributed by atoms with Gasteiger partial charge in [0.05, 0.1) is 6.54 Å². The fourth-order valence-electron chi connectivity index (χ4n) is 3.56. The summed E-state index contributed by atoms with van der Waals surface area (Å²) < 4.78 is 5.11. The smallest absolute Gasteiger partial charge is 0.305 e. The maximum absolute atomic E-state index is 11.7. The van der Waals surface area contributed by atoms with Crippen LogP contribution in [0.5, 0.6) is 0 Å². The van der Waals surface area contributed by atoms with E-state index in [4.69, 9.17) is 9.84 Å². The fourth-order valence-corrected chi connectivity index (χ4v) is 3.56. The van der Waals surface area contributed by atoms with Gasteiger partial charge < -0.3 is 15.2 Å². The van der Waals surface area contributed by atoms with Crippen LogP contribution >= 0.6 is 0 Å². The molecule has 6 heteroatoms. The minimum absolute atomic E-state index is 0.0122. The van der Waals surface area contributed by atoms with E-state index in [9.17, 15) is 14.4 Å². The quantitative estimate of drug-likeness (QED) is 0.146. The summed E-state index contributed by atoms with van der Waals surface area (Å²) in [5.41, 5.74) is 0. The molecule has 182 valence electrons. The molecule has 0 atom stereocenters. The lowest BCUT2D eigenvalue weighted by Crippen LogP contribution is -2.27. The minimum atomic E-state index is -0.902. The number of carboxylic acid groups (broad SMARTS) is 1. The number of nitrogens with one attached hydrogen (secondary N) is 1. The maximum atomic E-state index is 11.7. The highest BCUT2D eigenvalue weighted by Gasteiger charge is 2.05. The van der Waals surface area contributed by atoms with Crippen LogP contribution in [-0.2, 0) is 19.1 Å². The summed E-state index contributed by atoms with van der Waals surface area (Å²) in [5, 5.41) is 11.1. The first-order valence-corrected chi connectivity index (χ1v) is 12.7. The molecule has 0 spiro atoms. The second kappa shape index (κ2) is 23.1. The normalized spacial score (nSPS) is 10.7. The van der Waals surface area contributed by atoms with Gasteiger partial charge in [-0.15, -0.1) is 0 Å². The summed E-state index contributed by atoms with van der Waals surface area (Å²) in [7, 11) is 0. The Kier molecular flexibility index (Phi) is 21.9. The van der Waals surface area contributed by atoms with Crippen LogP contribution in [0.2, 0.25) is 0 Å². The summed E-state index contributed by atoms with van der Waals surface area (Å²) in [6, 6.07) is 0. The standard InChI is InChI=1S/C25H47NO5/c1-2-3-4-5-6-7-8-9-10-11-12-13-14-15-16-20-25(30)31-22-21-26-23(27)18-17-19-24(28)29/h2-22H2,1H3,(H,26,27)(H,28,29). The third-order valence-corrected chi connectivity index (χ3v) is 5.47. The van der Waals surface area contributed by atoms with Crippen LogP contribution in [0.25, 0.3) is 0 Å². The van der Waals surface area contributed by atoms with Gasteiger partial charge in [0.15, 0.2) is 0 Å². The Morgan fingerprint density at radius 1 is 0.645 bits per heavy atom. The van der Waals surface area contributed by atoms with Crippen LogP contribution in [0, 0.1) is 0 Å². The van der Waals surface area contributed by atoms with Crippen molar-refractivity contribution in [2.75, 3.05) is 13.2 Å². The number of carbonyl (C=O) groups excluding carboxylic acids is 2. The molecule has 2 N–H and O–H groups in total. The molecule has 0 aliphatic heterocycles. The third kappa shape index (κ3) is 24.6. The molecule has 0 saturated carbocycles. The molecule has 0 aromatic carbocycles. The van der Waals surface area contributed by atoms with Gasteiger partial charge in [-0.25, -0.2) is 0 Å².